The van der Waals surface area contributed by atoms with Crippen LogP contribution in [0, 0.1) is 0 Å². The molecule has 0 aliphatic carbocycles. The highest BCUT2D eigenvalue weighted by Gasteiger charge is 2.25. The maximum absolute atomic E-state index is 11.5. The minimum atomic E-state index is -0.426. The van der Waals surface area contributed by atoms with Crippen molar-refractivity contribution in [2.24, 2.45) is 5.73 Å². The fourth-order valence-corrected chi connectivity index (χ4v) is 2.73. The van der Waals surface area contributed by atoms with E-state index in [4.69, 9.17) is 10.5 Å². The molecule has 0 saturated carbocycles. The maximum Gasteiger partial charge on any atom is 0.252 e. The zero-order chi connectivity index (χ0) is 15.2. The molecular weight excluding hydrogens is 268 g/mol. The third-order valence-corrected chi connectivity index (χ3v) is 3.90. The Bertz CT molecular complexity index is 480. The molecule has 1 aromatic rings. The Morgan fingerprint density at radius 2 is 2.33 bits per heavy atom. The highest BCUT2D eigenvalue weighted by molar-refractivity contribution is 5.98. The largest absolute Gasteiger partial charge is 0.380 e. The van der Waals surface area contributed by atoms with Gasteiger partial charge in [-0.3, -0.25) is 14.7 Å². The zero-order valence-electron chi connectivity index (χ0n) is 12.8. The lowest BCUT2D eigenvalue weighted by Gasteiger charge is -2.41. The molecule has 2 heterocycles. The van der Waals surface area contributed by atoms with Crippen molar-refractivity contribution in [3.63, 3.8) is 0 Å². The highest BCUT2D eigenvalue weighted by Crippen LogP contribution is 2.22. The second-order valence-corrected chi connectivity index (χ2v) is 5.29. The van der Waals surface area contributed by atoms with Crippen molar-refractivity contribution in [1.82, 2.24) is 9.88 Å². The molecule has 6 nitrogen and oxygen atoms in total. The summed E-state index contributed by atoms with van der Waals surface area (Å²) in [6.07, 6.45) is 3.25. The van der Waals surface area contributed by atoms with Crippen LogP contribution in [0.3, 0.4) is 0 Å². The van der Waals surface area contributed by atoms with Crippen molar-refractivity contribution in [2.75, 3.05) is 44.3 Å². The van der Waals surface area contributed by atoms with Gasteiger partial charge in [-0.25, -0.2) is 0 Å². The number of primary amides is 1. The van der Waals surface area contributed by atoms with Crippen molar-refractivity contribution in [2.45, 2.75) is 19.9 Å². The topological polar surface area (TPSA) is 71.7 Å². The lowest BCUT2D eigenvalue weighted by Crippen LogP contribution is -2.53. The molecule has 1 aromatic heterocycles. The average molecular weight is 292 g/mol. The minimum Gasteiger partial charge on any atom is -0.380 e. The summed E-state index contributed by atoms with van der Waals surface area (Å²) in [5.74, 6) is -0.426. The summed E-state index contributed by atoms with van der Waals surface area (Å²) in [6.45, 7) is 9.38. The van der Waals surface area contributed by atoms with E-state index in [1.807, 2.05) is 13.0 Å². The van der Waals surface area contributed by atoms with Crippen LogP contribution in [0.5, 0.6) is 0 Å². The van der Waals surface area contributed by atoms with Gasteiger partial charge < -0.3 is 15.4 Å². The predicted octanol–water partition coefficient (Wildman–Crippen LogP) is 0.728. The molecule has 1 unspecified atom stereocenters. The van der Waals surface area contributed by atoms with Crippen LogP contribution in [-0.2, 0) is 4.74 Å². The van der Waals surface area contributed by atoms with Gasteiger partial charge in [0, 0.05) is 51.2 Å². The van der Waals surface area contributed by atoms with E-state index < -0.39 is 5.91 Å². The van der Waals surface area contributed by atoms with Crippen molar-refractivity contribution in [3.8, 4) is 0 Å². The van der Waals surface area contributed by atoms with Crippen molar-refractivity contribution in [3.05, 3.63) is 24.0 Å². The van der Waals surface area contributed by atoms with Crippen LogP contribution in [0.15, 0.2) is 18.5 Å². The standard InChI is InChI=1S/C15H24N4O2/c1-3-21-9-8-18-6-7-19(11-12(18)2)14-4-5-17-10-13(14)15(16)20/h4-5,10,12H,3,6-9,11H2,1-2H3,(H2,16,20). The van der Waals surface area contributed by atoms with Gasteiger partial charge in [-0.05, 0) is 19.9 Å². The van der Waals surface area contributed by atoms with Gasteiger partial charge in [0.05, 0.1) is 17.9 Å². The Kier molecular flexibility index (Phi) is 5.52. The molecule has 1 atom stereocenters. The molecule has 6 heteroatoms. The summed E-state index contributed by atoms with van der Waals surface area (Å²) in [4.78, 5) is 20.1. The summed E-state index contributed by atoms with van der Waals surface area (Å²) < 4.78 is 5.42. The third-order valence-electron chi connectivity index (χ3n) is 3.90. The molecule has 1 amide bonds. The van der Waals surface area contributed by atoms with Crippen molar-refractivity contribution in [1.29, 1.82) is 0 Å². The summed E-state index contributed by atoms with van der Waals surface area (Å²) in [5, 5.41) is 0. The molecule has 21 heavy (non-hydrogen) atoms. The summed E-state index contributed by atoms with van der Waals surface area (Å²) in [6, 6.07) is 2.27. The molecule has 1 saturated heterocycles. The zero-order valence-corrected chi connectivity index (χ0v) is 12.8. The number of rotatable bonds is 6. The minimum absolute atomic E-state index is 0.410. The molecule has 0 spiro atoms. The number of nitrogens with two attached hydrogens (primary N) is 1. The van der Waals surface area contributed by atoms with Gasteiger partial charge >= 0.3 is 0 Å². The predicted molar refractivity (Wildman–Crippen MR) is 82.5 cm³/mol. The van der Waals surface area contributed by atoms with Gasteiger partial charge in [-0.2, -0.15) is 0 Å². The van der Waals surface area contributed by atoms with E-state index in [-0.39, 0.29) is 0 Å². The van der Waals surface area contributed by atoms with Crippen LogP contribution >= 0.6 is 0 Å². The van der Waals surface area contributed by atoms with Gasteiger partial charge in [0.25, 0.3) is 5.91 Å². The Labute approximate surface area is 125 Å². The molecule has 2 N–H and O–H groups in total. The van der Waals surface area contributed by atoms with Crippen LogP contribution in [0.2, 0.25) is 0 Å². The molecule has 0 aromatic carbocycles. The van der Waals surface area contributed by atoms with Gasteiger partial charge in [-0.15, -0.1) is 0 Å². The van der Waals surface area contributed by atoms with Crippen LogP contribution in [-0.4, -0.2) is 61.2 Å². The number of carbonyl (C=O) groups is 1. The number of ether oxygens (including phenoxy) is 1. The molecular formula is C15H24N4O2. The van der Waals surface area contributed by atoms with E-state index in [2.05, 4.69) is 21.7 Å². The molecule has 116 valence electrons. The number of anilines is 1. The molecule has 0 radical (unpaired) electrons. The smallest absolute Gasteiger partial charge is 0.252 e. The van der Waals surface area contributed by atoms with Gasteiger partial charge in [0.2, 0.25) is 0 Å². The first kappa shape index (κ1) is 15.7. The molecule has 2 rings (SSSR count). The monoisotopic (exact) mass is 292 g/mol. The highest BCUT2D eigenvalue weighted by atomic mass is 16.5. The molecule has 0 bridgehead atoms. The Morgan fingerprint density at radius 1 is 1.52 bits per heavy atom. The number of aromatic nitrogens is 1. The van der Waals surface area contributed by atoms with Crippen molar-refractivity contribution < 1.29 is 9.53 Å². The maximum atomic E-state index is 11.5. The lowest BCUT2D eigenvalue weighted by atomic mass is 10.1. The molecule has 1 aliphatic heterocycles. The number of carbonyl (C=O) groups excluding carboxylic acids is 1. The van der Waals surface area contributed by atoms with Gasteiger partial charge in [0.1, 0.15) is 0 Å². The number of amides is 1. The third kappa shape index (κ3) is 3.92. The summed E-state index contributed by atoms with van der Waals surface area (Å²) in [7, 11) is 0. The van der Waals surface area contributed by atoms with Crippen LogP contribution < -0.4 is 10.6 Å². The first-order chi connectivity index (χ1) is 10.1. The van der Waals surface area contributed by atoms with Gasteiger partial charge in [-0.1, -0.05) is 0 Å². The normalized spacial score (nSPS) is 19.7. The fourth-order valence-electron chi connectivity index (χ4n) is 2.73. The second kappa shape index (κ2) is 7.38. The summed E-state index contributed by atoms with van der Waals surface area (Å²) in [5.41, 5.74) is 6.81. The van der Waals surface area contributed by atoms with E-state index in [9.17, 15) is 4.79 Å². The van der Waals surface area contributed by atoms with Crippen molar-refractivity contribution >= 4 is 11.6 Å². The number of hydrogen-bond acceptors (Lipinski definition) is 5. The first-order valence-corrected chi connectivity index (χ1v) is 7.44. The lowest BCUT2D eigenvalue weighted by molar-refractivity contribution is 0.0925. The van der Waals surface area contributed by atoms with E-state index in [0.717, 1.165) is 45.1 Å². The van der Waals surface area contributed by atoms with Gasteiger partial charge in [0.15, 0.2) is 0 Å². The average Bonchev–Trinajstić information content (AvgIpc) is 2.49. The number of hydrogen-bond donors (Lipinski definition) is 1. The van der Waals surface area contributed by atoms with E-state index >= 15 is 0 Å². The SMILES string of the molecule is CCOCCN1CCN(c2ccncc2C(N)=O)CC1C. The van der Waals surface area contributed by atoms with Crippen LogP contribution in [0.25, 0.3) is 0 Å². The Morgan fingerprint density at radius 3 is 3.00 bits per heavy atom. The van der Waals surface area contributed by atoms with Crippen LogP contribution in [0.1, 0.15) is 24.2 Å². The first-order valence-electron chi connectivity index (χ1n) is 7.44. The summed E-state index contributed by atoms with van der Waals surface area (Å²) >= 11 is 0. The number of nitrogens with zero attached hydrogens (tertiary/aromatic N) is 3. The van der Waals surface area contributed by atoms with E-state index in [0.29, 0.717) is 11.6 Å². The number of pyridine rings is 1. The quantitative estimate of drug-likeness (QED) is 0.783. The van der Waals surface area contributed by atoms with E-state index in [1.54, 1.807) is 12.4 Å². The second-order valence-electron chi connectivity index (χ2n) is 5.29. The fraction of sp³-hybridized carbons (Fsp3) is 0.600. The molecule has 1 fully saturated rings. The van der Waals surface area contributed by atoms with Crippen LogP contribution in [0.4, 0.5) is 5.69 Å². The van der Waals surface area contributed by atoms with E-state index in [1.165, 1.54) is 0 Å². The number of piperazine rings is 1. The Hall–Kier alpha value is -1.66. The Balaban J connectivity index is 2.01. The molecule has 1 aliphatic rings.